The van der Waals surface area contributed by atoms with E-state index in [0.29, 0.717) is 34.0 Å². The predicted octanol–water partition coefficient (Wildman–Crippen LogP) is 4.01. The molecule has 0 radical (unpaired) electrons. The molecule has 15 heavy (non-hydrogen) atoms. The zero-order valence-corrected chi connectivity index (χ0v) is 10.5. The lowest BCUT2D eigenvalue weighted by atomic mass is 10.3. The van der Waals surface area contributed by atoms with Crippen molar-refractivity contribution in [2.24, 2.45) is 0 Å². The quantitative estimate of drug-likeness (QED) is 0.594. The molecule has 0 N–H and O–H groups in total. The summed E-state index contributed by atoms with van der Waals surface area (Å²) in [6.07, 6.45) is 0.765. The van der Waals surface area contributed by atoms with Crippen LogP contribution in [0.25, 0.3) is 0 Å². The van der Waals surface area contributed by atoms with Crippen LogP contribution in [0.15, 0.2) is 12.1 Å². The van der Waals surface area contributed by atoms with E-state index < -0.39 is 0 Å². The first-order valence-corrected chi connectivity index (χ1v) is 5.70. The van der Waals surface area contributed by atoms with Gasteiger partial charge in [-0.2, -0.15) is 0 Å². The molecule has 1 aromatic carbocycles. The number of halogens is 3. The summed E-state index contributed by atoms with van der Waals surface area (Å²) < 4.78 is 10.4. The van der Waals surface area contributed by atoms with Crippen LogP contribution >= 0.6 is 34.8 Å². The maximum atomic E-state index is 5.99. The number of benzene rings is 1. The molecule has 0 spiro atoms. The van der Waals surface area contributed by atoms with Crippen LogP contribution in [-0.2, 0) is 0 Å². The molecule has 0 bridgehead atoms. The van der Waals surface area contributed by atoms with E-state index in [2.05, 4.69) is 0 Å². The molecule has 0 aliphatic heterocycles. The first kappa shape index (κ1) is 12.8. The summed E-state index contributed by atoms with van der Waals surface area (Å²) in [5.74, 6) is 1.64. The van der Waals surface area contributed by atoms with E-state index in [1.54, 1.807) is 12.1 Å². The van der Waals surface area contributed by atoms with Gasteiger partial charge in [-0.15, -0.1) is 11.6 Å². The Bertz CT molecular complexity index is 329. The van der Waals surface area contributed by atoms with E-state index in [1.807, 2.05) is 0 Å². The molecule has 0 saturated heterocycles. The highest BCUT2D eigenvalue weighted by Crippen LogP contribution is 2.38. The highest BCUT2D eigenvalue weighted by molar-refractivity contribution is 6.43. The highest BCUT2D eigenvalue weighted by Gasteiger charge is 2.10. The van der Waals surface area contributed by atoms with E-state index in [0.717, 1.165) is 6.42 Å². The van der Waals surface area contributed by atoms with Crippen molar-refractivity contribution in [1.82, 2.24) is 0 Å². The summed E-state index contributed by atoms with van der Waals surface area (Å²) >= 11 is 17.5. The number of alkyl halides is 1. The molecule has 0 heterocycles. The molecule has 0 fully saturated rings. The van der Waals surface area contributed by atoms with E-state index in [-0.39, 0.29) is 0 Å². The molecule has 0 saturated carbocycles. The van der Waals surface area contributed by atoms with Crippen molar-refractivity contribution in [2.45, 2.75) is 6.42 Å². The number of hydrogen-bond donors (Lipinski definition) is 0. The Hall–Kier alpha value is -0.310. The van der Waals surface area contributed by atoms with Gasteiger partial charge in [0, 0.05) is 5.88 Å². The van der Waals surface area contributed by atoms with Gasteiger partial charge in [0.25, 0.3) is 0 Å². The van der Waals surface area contributed by atoms with E-state index in [9.17, 15) is 0 Å². The lowest BCUT2D eigenvalue weighted by Crippen LogP contribution is -1.98. The fourth-order valence-corrected chi connectivity index (χ4v) is 1.57. The van der Waals surface area contributed by atoms with Gasteiger partial charge in [-0.3, -0.25) is 0 Å². The summed E-state index contributed by atoms with van der Waals surface area (Å²) in [6, 6.07) is 3.44. The van der Waals surface area contributed by atoms with Gasteiger partial charge in [0.1, 0.15) is 21.5 Å². The van der Waals surface area contributed by atoms with Crippen molar-refractivity contribution in [3.05, 3.63) is 22.2 Å². The van der Waals surface area contributed by atoms with Crippen LogP contribution in [-0.4, -0.2) is 19.6 Å². The molecule has 1 aromatic rings. The first-order chi connectivity index (χ1) is 7.20. The van der Waals surface area contributed by atoms with Gasteiger partial charge in [0.2, 0.25) is 0 Å². The Morgan fingerprint density at radius 1 is 1.13 bits per heavy atom. The molecule has 0 aliphatic rings. The van der Waals surface area contributed by atoms with Crippen LogP contribution < -0.4 is 9.47 Å². The second-order valence-electron chi connectivity index (χ2n) is 2.78. The normalized spacial score (nSPS) is 10.1. The number of ether oxygens (including phenoxy) is 2. The maximum absolute atomic E-state index is 5.99. The third kappa shape index (κ3) is 3.33. The maximum Gasteiger partial charge on any atom is 0.139 e. The van der Waals surface area contributed by atoms with Gasteiger partial charge < -0.3 is 9.47 Å². The lowest BCUT2D eigenvalue weighted by molar-refractivity contribution is 0.317. The Morgan fingerprint density at radius 2 is 1.73 bits per heavy atom. The second kappa shape index (κ2) is 6.31. The van der Waals surface area contributed by atoms with Gasteiger partial charge in [0.05, 0.1) is 13.7 Å². The summed E-state index contributed by atoms with van der Waals surface area (Å²) in [5.41, 5.74) is 0. The van der Waals surface area contributed by atoms with Crippen LogP contribution in [0.2, 0.25) is 10.0 Å². The summed E-state index contributed by atoms with van der Waals surface area (Å²) in [7, 11) is 1.53. The van der Waals surface area contributed by atoms with Crippen LogP contribution in [0, 0.1) is 0 Å². The SMILES string of the molecule is COc1ccc(OCCCCl)c(Cl)c1Cl. The van der Waals surface area contributed by atoms with Gasteiger partial charge >= 0.3 is 0 Å². The monoisotopic (exact) mass is 268 g/mol. The first-order valence-electron chi connectivity index (χ1n) is 4.41. The molecule has 0 aromatic heterocycles. The molecule has 1 rings (SSSR count). The highest BCUT2D eigenvalue weighted by atomic mass is 35.5. The van der Waals surface area contributed by atoms with Crippen molar-refractivity contribution in [3.63, 3.8) is 0 Å². The average molecular weight is 270 g/mol. The van der Waals surface area contributed by atoms with Crippen LogP contribution in [0.3, 0.4) is 0 Å². The number of hydrogen-bond acceptors (Lipinski definition) is 2. The van der Waals surface area contributed by atoms with Gasteiger partial charge in [-0.1, -0.05) is 23.2 Å². The van der Waals surface area contributed by atoms with Crippen LogP contribution in [0.5, 0.6) is 11.5 Å². The average Bonchev–Trinajstić information content (AvgIpc) is 2.25. The van der Waals surface area contributed by atoms with Crippen molar-refractivity contribution < 1.29 is 9.47 Å². The molecule has 0 unspecified atom stereocenters. The smallest absolute Gasteiger partial charge is 0.139 e. The number of rotatable bonds is 5. The lowest BCUT2D eigenvalue weighted by Gasteiger charge is -2.10. The van der Waals surface area contributed by atoms with Crippen LogP contribution in [0.4, 0.5) is 0 Å². The van der Waals surface area contributed by atoms with Crippen LogP contribution in [0.1, 0.15) is 6.42 Å². The van der Waals surface area contributed by atoms with Gasteiger partial charge in [0.15, 0.2) is 0 Å². The molecule has 2 nitrogen and oxygen atoms in total. The molecular weight excluding hydrogens is 258 g/mol. The second-order valence-corrected chi connectivity index (χ2v) is 3.92. The van der Waals surface area contributed by atoms with Crippen molar-refractivity contribution in [1.29, 1.82) is 0 Å². The summed E-state index contributed by atoms with van der Waals surface area (Å²) in [6.45, 7) is 0.520. The summed E-state index contributed by atoms with van der Waals surface area (Å²) in [4.78, 5) is 0. The minimum Gasteiger partial charge on any atom is -0.495 e. The van der Waals surface area contributed by atoms with Crippen molar-refractivity contribution in [3.8, 4) is 11.5 Å². The standard InChI is InChI=1S/C10H11Cl3O2/c1-14-7-3-4-8(10(13)9(7)12)15-6-2-5-11/h3-4H,2,5-6H2,1H3. The predicted molar refractivity (Wildman–Crippen MR) is 63.8 cm³/mol. The van der Waals surface area contributed by atoms with Gasteiger partial charge in [-0.05, 0) is 18.6 Å². The molecule has 0 atom stereocenters. The van der Waals surface area contributed by atoms with Crippen molar-refractivity contribution in [2.75, 3.05) is 19.6 Å². The third-order valence-corrected chi connectivity index (χ3v) is 2.88. The molecule has 5 heteroatoms. The fraction of sp³-hybridized carbons (Fsp3) is 0.400. The van der Waals surface area contributed by atoms with Gasteiger partial charge in [-0.25, -0.2) is 0 Å². The Morgan fingerprint density at radius 3 is 2.33 bits per heavy atom. The topological polar surface area (TPSA) is 18.5 Å². The Labute approximate surface area is 104 Å². The van der Waals surface area contributed by atoms with E-state index in [4.69, 9.17) is 44.3 Å². The van der Waals surface area contributed by atoms with Crippen molar-refractivity contribution >= 4 is 34.8 Å². The van der Waals surface area contributed by atoms with E-state index >= 15 is 0 Å². The molecule has 0 aliphatic carbocycles. The van der Waals surface area contributed by atoms with E-state index in [1.165, 1.54) is 7.11 Å². The Kier molecular flexibility index (Phi) is 5.37. The molecular formula is C10H11Cl3O2. The molecule has 0 amide bonds. The fourth-order valence-electron chi connectivity index (χ4n) is 1.02. The minimum atomic E-state index is 0.363. The number of methoxy groups -OCH3 is 1. The summed E-state index contributed by atoms with van der Waals surface area (Å²) in [5, 5.41) is 0.730. The largest absolute Gasteiger partial charge is 0.495 e. The Balaban J connectivity index is 2.77. The third-order valence-electron chi connectivity index (χ3n) is 1.77. The minimum absolute atomic E-state index is 0.363. The molecule has 84 valence electrons. The zero-order valence-electron chi connectivity index (χ0n) is 8.23. The zero-order chi connectivity index (χ0) is 11.3.